The molecular weight excluding hydrogens is 380 g/mol. The summed E-state index contributed by atoms with van der Waals surface area (Å²) >= 11 is 0. The van der Waals surface area contributed by atoms with Gasteiger partial charge in [-0.3, -0.25) is 0 Å². The molecule has 0 spiro atoms. The predicted molar refractivity (Wildman–Crippen MR) is 139 cm³/mol. The summed E-state index contributed by atoms with van der Waals surface area (Å²) in [5, 5.41) is 0. The van der Waals surface area contributed by atoms with Crippen molar-refractivity contribution in [2.75, 3.05) is 26.4 Å². The summed E-state index contributed by atoms with van der Waals surface area (Å²) in [6, 6.07) is 0. The van der Waals surface area contributed by atoms with Crippen LogP contribution in [0.1, 0.15) is 156 Å². The molecule has 0 saturated heterocycles. The van der Waals surface area contributed by atoms with E-state index in [1.165, 1.54) is 128 Å². The van der Waals surface area contributed by atoms with Crippen LogP contribution in [0, 0.1) is 5.41 Å². The van der Waals surface area contributed by atoms with Crippen molar-refractivity contribution in [3.05, 3.63) is 0 Å². The fourth-order valence-corrected chi connectivity index (χ4v) is 4.54. The molecule has 0 heterocycles. The van der Waals surface area contributed by atoms with Crippen LogP contribution in [0.15, 0.2) is 0 Å². The first-order valence-electron chi connectivity index (χ1n) is 14.4. The summed E-state index contributed by atoms with van der Waals surface area (Å²) in [7, 11) is 0. The normalized spacial score (nSPS) is 12.0. The Hall–Kier alpha value is -0.0800. The van der Waals surface area contributed by atoms with Crippen LogP contribution in [0.2, 0.25) is 0 Å². The van der Waals surface area contributed by atoms with Crippen LogP contribution in [0.4, 0.5) is 0 Å². The minimum absolute atomic E-state index is 0.415. The third-order valence-corrected chi connectivity index (χ3v) is 7.34. The standard InChI is InChI=1S/C29H60O2/c1-5-9-11-13-15-17-19-21-25-30-27-23-29(7-3,8-4)24-28-31-26-22-20-18-16-14-12-10-6-2/h5-28H2,1-4H3. The van der Waals surface area contributed by atoms with E-state index in [2.05, 4.69) is 27.7 Å². The summed E-state index contributed by atoms with van der Waals surface area (Å²) < 4.78 is 12.0. The highest BCUT2D eigenvalue weighted by atomic mass is 16.5. The minimum atomic E-state index is 0.415. The quantitative estimate of drug-likeness (QED) is 0.125. The molecule has 0 fully saturated rings. The number of hydrogen-bond donors (Lipinski definition) is 0. The number of rotatable bonds is 26. The van der Waals surface area contributed by atoms with Crippen molar-refractivity contribution < 1.29 is 9.47 Å². The SMILES string of the molecule is CCCCCCCCCCOCCC(CC)(CC)CCOCCCCCCCCCC. The van der Waals surface area contributed by atoms with E-state index in [9.17, 15) is 0 Å². The molecular formula is C29H60O2. The predicted octanol–water partition coefficient (Wildman–Crippen LogP) is 9.89. The summed E-state index contributed by atoms with van der Waals surface area (Å²) in [5.74, 6) is 0. The molecule has 31 heavy (non-hydrogen) atoms. The zero-order valence-corrected chi connectivity index (χ0v) is 22.3. The molecule has 0 N–H and O–H groups in total. The Morgan fingerprint density at radius 2 is 0.710 bits per heavy atom. The van der Waals surface area contributed by atoms with E-state index in [-0.39, 0.29) is 0 Å². The van der Waals surface area contributed by atoms with Gasteiger partial charge in [-0.05, 0) is 31.1 Å². The third kappa shape index (κ3) is 20.3. The van der Waals surface area contributed by atoms with E-state index in [4.69, 9.17) is 9.47 Å². The Morgan fingerprint density at radius 1 is 0.387 bits per heavy atom. The van der Waals surface area contributed by atoms with Crippen LogP contribution in [0.3, 0.4) is 0 Å². The molecule has 0 aliphatic heterocycles. The maximum absolute atomic E-state index is 6.00. The second-order valence-corrected chi connectivity index (χ2v) is 9.88. The molecule has 0 radical (unpaired) electrons. The van der Waals surface area contributed by atoms with Gasteiger partial charge in [-0.25, -0.2) is 0 Å². The third-order valence-electron chi connectivity index (χ3n) is 7.34. The second-order valence-electron chi connectivity index (χ2n) is 9.88. The van der Waals surface area contributed by atoms with E-state index in [1.807, 2.05) is 0 Å². The van der Waals surface area contributed by atoms with Gasteiger partial charge >= 0.3 is 0 Å². The maximum Gasteiger partial charge on any atom is 0.0471 e. The monoisotopic (exact) mass is 440 g/mol. The van der Waals surface area contributed by atoms with E-state index in [0.29, 0.717) is 5.41 Å². The average molecular weight is 441 g/mol. The van der Waals surface area contributed by atoms with Gasteiger partial charge in [-0.2, -0.15) is 0 Å². The Bertz CT molecular complexity index is 297. The van der Waals surface area contributed by atoms with Gasteiger partial charge in [0.05, 0.1) is 0 Å². The minimum Gasteiger partial charge on any atom is -0.381 e. The van der Waals surface area contributed by atoms with Gasteiger partial charge in [-0.1, -0.05) is 130 Å². The van der Waals surface area contributed by atoms with Gasteiger partial charge < -0.3 is 9.47 Å². The van der Waals surface area contributed by atoms with Crippen molar-refractivity contribution in [1.29, 1.82) is 0 Å². The molecule has 0 aliphatic rings. The first kappa shape index (κ1) is 30.9. The molecule has 188 valence electrons. The Morgan fingerprint density at radius 3 is 1.03 bits per heavy atom. The van der Waals surface area contributed by atoms with Gasteiger partial charge in [-0.15, -0.1) is 0 Å². The van der Waals surface area contributed by atoms with Gasteiger partial charge in [0, 0.05) is 26.4 Å². The van der Waals surface area contributed by atoms with Crippen molar-refractivity contribution in [3.63, 3.8) is 0 Å². The van der Waals surface area contributed by atoms with Gasteiger partial charge in [0.1, 0.15) is 0 Å². The van der Waals surface area contributed by atoms with Crippen molar-refractivity contribution in [2.45, 2.75) is 156 Å². The Balaban J connectivity index is 3.61. The van der Waals surface area contributed by atoms with Gasteiger partial charge in [0.15, 0.2) is 0 Å². The lowest BCUT2D eigenvalue weighted by atomic mass is 9.77. The van der Waals surface area contributed by atoms with Crippen LogP contribution >= 0.6 is 0 Å². The fraction of sp³-hybridized carbons (Fsp3) is 1.00. The van der Waals surface area contributed by atoms with E-state index in [1.54, 1.807) is 0 Å². The Labute approximate surface area is 197 Å². The summed E-state index contributed by atoms with van der Waals surface area (Å²) in [5.41, 5.74) is 0.415. The maximum atomic E-state index is 6.00. The molecule has 0 aromatic heterocycles. The van der Waals surface area contributed by atoms with Crippen molar-refractivity contribution in [1.82, 2.24) is 0 Å². The van der Waals surface area contributed by atoms with Crippen molar-refractivity contribution in [2.24, 2.45) is 5.41 Å². The van der Waals surface area contributed by atoms with Crippen molar-refractivity contribution in [3.8, 4) is 0 Å². The molecule has 0 atom stereocenters. The molecule has 0 amide bonds. The largest absolute Gasteiger partial charge is 0.381 e. The topological polar surface area (TPSA) is 18.5 Å². The molecule has 0 bridgehead atoms. The van der Waals surface area contributed by atoms with Gasteiger partial charge in [0.25, 0.3) is 0 Å². The lowest BCUT2D eigenvalue weighted by Crippen LogP contribution is -2.23. The molecule has 0 rings (SSSR count). The average Bonchev–Trinajstić information content (AvgIpc) is 2.79. The van der Waals surface area contributed by atoms with Crippen LogP contribution in [-0.2, 0) is 9.47 Å². The van der Waals surface area contributed by atoms with Crippen LogP contribution in [0.25, 0.3) is 0 Å². The van der Waals surface area contributed by atoms with Crippen LogP contribution in [-0.4, -0.2) is 26.4 Å². The highest BCUT2D eigenvalue weighted by molar-refractivity contribution is 4.76. The highest BCUT2D eigenvalue weighted by Gasteiger charge is 2.25. The van der Waals surface area contributed by atoms with E-state index < -0.39 is 0 Å². The molecule has 0 aromatic rings. The van der Waals surface area contributed by atoms with Gasteiger partial charge in [0.2, 0.25) is 0 Å². The first-order valence-corrected chi connectivity index (χ1v) is 14.4. The van der Waals surface area contributed by atoms with E-state index >= 15 is 0 Å². The molecule has 0 aliphatic carbocycles. The summed E-state index contributed by atoms with van der Waals surface area (Å²) in [6.45, 7) is 13.0. The molecule has 0 aromatic carbocycles. The lowest BCUT2D eigenvalue weighted by Gasteiger charge is -2.31. The van der Waals surface area contributed by atoms with Crippen LogP contribution in [0.5, 0.6) is 0 Å². The zero-order chi connectivity index (χ0) is 22.9. The molecule has 2 nitrogen and oxygen atoms in total. The Kier molecular flexibility index (Phi) is 24.5. The van der Waals surface area contributed by atoms with E-state index in [0.717, 1.165) is 26.4 Å². The second kappa shape index (κ2) is 24.6. The first-order chi connectivity index (χ1) is 15.2. The number of hydrogen-bond acceptors (Lipinski definition) is 2. The zero-order valence-electron chi connectivity index (χ0n) is 22.3. The number of unbranched alkanes of at least 4 members (excludes halogenated alkanes) is 14. The van der Waals surface area contributed by atoms with Crippen molar-refractivity contribution >= 4 is 0 Å². The summed E-state index contributed by atoms with van der Waals surface area (Å²) in [4.78, 5) is 0. The molecule has 0 saturated carbocycles. The smallest absolute Gasteiger partial charge is 0.0471 e. The number of ether oxygens (including phenoxy) is 2. The molecule has 2 heteroatoms. The summed E-state index contributed by atoms with van der Waals surface area (Å²) in [6.07, 6.45) is 26.8. The molecule has 0 unspecified atom stereocenters. The fourth-order valence-electron chi connectivity index (χ4n) is 4.54. The van der Waals surface area contributed by atoms with Crippen LogP contribution < -0.4 is 0 Å². The highest BCUT2D eigenvalue weighted by Crippen LogP contribution is 2.34. The lowest BCUT2D eigenvalue weighted by molar-refractivity contribution is 0.0512.